The molecule has 0 spiro atoms. The van der Waals surface area contributed by atoms with Gasteiger partial charge in [-0.15, -0.1) is 0 Å². The van der Waals surface area contributed by atoms with Crippen LogP contribution in [-0.2, 0) is 22.4 Å². The zero-order chi connectivity index (χ0) is 16.1. The van der Waals surface area contributed by atoms with Crippen LogP contribution in [0.15, 0.2) is 53.1 Å². The second-order valence-corrected chi connectivity index (χ2v) is 6.11. The number of hydrogen-bond acceptors (Lipinski definition) is 3. The zero-order valence-corrected chi connectivity index (χ0v) is 13.5. The fraction of sp³-hybridized carbons (Fsp3) is 0.421. The lowest BCUT2D eigenvalue weighted by atomic mass is 9.88. The number of likely N-dealkylation sites (tertiary alicyclic amines) is 1. The number of methoxy groups -OCH3 is 1. The Bertz CT molecular complexity index is 609. The third-order valence-electron chi connectivity index (χ3n) is 4.57. The van der Waals surface area contributed by atoms with Gasteiger partial charge in [-0.2, -0.15) is 0 Å². The summed E-state index contributed by atoms with van der Waals surface area (Å²) in [5, 5.41) is 0. The van der Waals surface area contributed by atoms with Crippen molar-refractivity contribution < 1.29 is 13.9 Å². The third kappa shape index (κ3) is 4.02. The smallest absolute Gasteiger partial charge is 0.230 e. The molecule has 0 aliphatic carbocycles. The molecule has 0 N–H and O–H groups in total. The average Bonchev–Trinajstić information content (AvgIpc) is 3.08. The lowest BCUT2D eigenvalue weighted by Gasteiger charge is -2.38. The molecular weight excluding hydrogens is 290 g/mol. The second-order valence-electron chi connectivity index (χ2n) is 6.11. The van der Waals surface area contributed by atoms with E-state index in [0.29, 0.717) is 12.3 Å². The van der Waals surface area contributed by atoms with Gasteiger partial charge in [0.1, 0.15) is 5.76 Å². The van der Waals surface area contributed by atoms with E-state index in [9.17, 15) is 4.79 Å². The van der Waals surface area contributed by atoms with Crippen LogP contribution in [0.5, 0.6) is 0 Å². The average molecular weight is 313 g/mol. The Hall–Kier alpha value is -2.07. The number of rotatable bonds is 5. The van der Waals surface area contributed by atoms with E-state index in [1.807, 2.05) is 23.1 Å². The maximum atomic E-state index is 12.5. The fourth-order valence-corrected chi connectivity index (χ4v) is 3.33. The highest BCUT2D eigenvalue weighted by molar-refractivity contribution is 5.78. The van der Waals surface area contributed by atoms with Crippen LogP contribution < -0.4 is 0 Å². The van der Waals surface area contributed by atoms with E-state index in [2.05, 4.69) is 24.3 Å². The SMILES string of the molecule is CO[C@@H]1CCN(C(=O)Cc2ccco2)C[C@H]1Cc1ccccc1. The molecule has 23 heavy (non-hydrogen) atoms. The summed E-state index contributed by atoms with van der Waals surface area (Å²) in [4.78, 5) is 14.4. The molecule has 4 heteroatoms. The lowest BCUT2D eigenvalue weighted by molar-refractivity contribution is -0.135. The number of furan rings is 1. The standard InChI is InChI=1S/C19H23NO3/c1-22-18-9-10-20(19(21)13-17-8-5-11-23-17)14-16(18)12-15-6-3-2-4-7-15/h2-8,11,16,18H,9-10,12-14H2,1H3/t16-,18-/m1/s1. The van der Waals surface area contributed by atoms with Crippen LogP contribution in [0.1, 0.15) is 17.7 Å². The molecule has 0 saturated carbocycles. The highest BCUT2D eigenvalue weighted by Gasteiger charge is 2.31. The molecule has 1 fully saturated rings. The normalized spacial score (nSPS) is 21.3. The summed E-state index contributed by atoms with van der Waals surface area (Å²) in [5.41, 5.74) is 1.29. The van der Waals surface area contributed by atoms with E-state index in [0.717, 1.165) is 31.7 Å². The number of nitrogens with zero attached hydrogens (tertiary/aromatic N) is 1. The molecular formula is C19H23NO3. The summed E-state index contributed by atoms with van der Waals surface area (Å²) in [6.07, 6.45) is 3.98. The molecule has 2 atom stereocenters. The number of benzene rings is 1. The monoisotopic (exact) mass is 313 g/mol. The fourth-order valence-electron chi connectivity index (χ4n) is 3.33. The van der Waals surface area contributed by atoms with Gasteiger partial charge in [0, 0.05) is 26.1 Å². The van der Waals surface area contributed by atoms with E-state index in [4.69, 9.17) is 9.15 Å². The number of amides is 1. The third-order valence-corrected chi connectivity index (χ3v) is 4.57. The summed E-state index contributed by atoms with van der Waals surface area (Å²) in [6.45, 7) is 1.50. The minimum atomic E-state index is 0.132. The van der Waals surface area contributed by atoms with Crippen molar-refractivity contribution in [2.75, 3.05) is 20.2 Å². The van der Waals surface area contributed by atoms with Gasteiger partial charge in [0.2, 0.25) is 5.91 Å². The van der Waals surface area contributed by atoms with Gasteiger partial charge in [-0.3, -0.25) is 4.79 Å². The summed E-state index contributed by atoms with van der Waals surface area (Å²) in [6, 6.07) is 14.1. The van der Waals surface area contributed by atoms with Gasteiger partial charge in [0.25, 0.3) is 0 Å². The molecule has 2 heterocycles. The molecule has 0 bridgehead atoms. The molecule has 1 aliphatic rings. The van der Waals surface area contributed by atoms with Crippen LogP contribution >= 0.6 is 0 Å². The quantitative estimate of drug-likeness (QED) is 0.852. The van der Waals surface area contributed by atoms with Crippen molar-refractivity contribution in [2.45, 2.75) is 25.4 Å². The van der Waals surface area contributed by atoms with Crippen LogP contribution in [0.25, 0.3) is 0 Å². The van der Waals surface area contributed by atoms with E-state index < -0.39 is 0 Å². The molecule has 1 amide bonds. The molecule has 3 rings (SSSR count). The molecule has 1 aliphatic heterocycles. The number of hydrogen-bond donors (Lipinski definition) is 0. The first-order valence-electron chi connectivity index (χ1n) is 8.13. The maximum Gasteiger partial charge on any atom is 0.230 e. The van der Waals surface area contributed by atoms with Gasteiger partial charge in [0.15, 0.2) is 0 Å². The first-order valence-corrected chi connectivity index (χ1v) is 8.13. The van der Waals surface area contributed by atoms with Gasteiger partial charge < -0.3 is 14.1 Å². The lowest BCUT2D eigenvalue weighted by Crippen LogP contribution is -2.47. The number of carbonyl (C=O) groups is 1. The van der Waals surface area contributed by atoms with Crippen molar-refractivity contribution in [3.63, 3.8) is 0 Å². The first kappa shape index (κ1) is 15.8. The summed E-state index contributed by atoms with van der Waals surface area (Å²) in [5.74, 6) is 1.19. The Balaban J connectivity index is 1.64. The van der Waals surface area contributed by atoms with Gasteiger partial charge in [0.05, 0.1) is 18.8 Å². The summed E-state index contributed by atoms with van der Waals surface area (Å²) >= 11 is 0. The van der Waals surface area contributed by atoms with E-state index in [1.54, 1.807) is 13.4 Å². The van der Waals surface area contributed by atoms with Crippen LogP contribution in [0.3, 0.4) is 0 Å². The Labute approximate surface area is 137 Å². The minimum Gasteiger partial charge on any atom is -0.469 e. The molecule has 1 aromatic heterocycles. The summed E-state index contributed by atoms with van der Waals surface area (Å²) in [7, 11) is 1.77. The predicted octanol–water partition coefficient (Wildman–Crippen LogP) is 2.93. The Morgan fingerprint density at radius 1 is 1.26 bits per heavy atom. The number of carbonyl (C=O) groups excluding carboxylic acids is 1. The first-order chi connectivity index (χ1) is 11.3. The van der Waals surface area contributed by atoms with Crippen LogP contribution in [-0.4, -0.2) is 37.1 Å². The molecule has 1 saturated heterocycles. The zero-order valence-electron chi connectivity index (χ0n) is 13.5. The second kappa shape index (κ2) is 7.47. The predicted molar refractivity (Wildman–Crippen MR) is 88.0 cm³/mol. The molecule has 4 nitrogen and oxygen atoms in total. The topological polar surface area (TPSA) is 42.7 Å². The van der Waals surface area contributed by atoms with Crippen LogP contribution in [0.2, 0.25) is 0 Å². The summed E-state index contributed by atoms with van der Waals surface area (Å²) < 4.78 is 10.9. The number of ether oxygens (including phenoxy) is 1. The van der Waals surface area contributed by atoms with Crippen molar-refractivity contribution in [3.05, 3.63) is 60.1 Å². The largest absolute Gasteiger partial charge is 0.469 e. The van der Waals surface area contributed by atoms with E-state index >= 15 is 0 Å². The molecule has 0 unspecified atom stereocenters. The van der Waals surface area contributed by atoms with Gasteiger partial charge >= 0.3 is 0 Å². The Morgan fingerprint density at radius 3 is 2.78 bits per heavy atom. The molecule has 0 radical (unpaired) electrons. The van der Waals surface area contributed by atoms with Crippen LogP contribution in [0.4, 0.5) is 0 Å². The van der Waals surface area contributed by atoms with Gasteiger partial charge in [-0.1, -0.05) is 30.3 Å². The molecule has 122 valence electrons. The molecule has 2 aromatic rings. The van der Waals surface area contributed by atoms with Crippen molar-refractivity contribution in [2.24, 2.45) is 5.92 Å². The van der Waals surface area contributed by atoms with E-state index in [1.165, 1.54) is 5.56 Å². The van der Waals surface area contributed by atoms with Crippen LogP contribution in [0, 0.1) is 5.92 Å². The van der Waals surface area contributed by atoms with Crippen molar-refractivity contribution in [1.29, 1.82) is 0 Å². The van der Waals surface area contributed by atoms with Crippen molar-refractivity contribution in [1.82, 2.24) is 4.90 Å². The highest BCUT2D eigenvalue weighted by atomic mass is 16.5. The van der Waals surface area contributed by atoms with Crippen molar-refractivity contribution >= 4 is 5.91 Å². The highest BCUT2D eigenvalue weighted by Crippen LogP contribution is 2.24. The van der Waals surface area contributed by atoms with E-state index in [-0.39, 0.29) is 12.0 Å². The maximum absolute atomic E-state index is 12.5. The number of piperidine rings is 1. The Kier molecular flexibility index (Phi) is 5.13. The van der Waals surface area contributed by atoms with Gasteiger partial charge in [-0.25, -0.2) is 0 Å². The van der Waals surface area contributed by atoms with Gasteiger partial charge in [-0.05, 0) is 30.5 Å². The minimum absolute atomic E-state index is 0.132. The Morgan fingerprint density at radius 2 is 2.09 bits per heavy atom. The molecule has 1 aromatic carbocycles. The van der Waals surface area contributed by atoms with Crippen molar-refractivity contribution in [3.8, 4) is 0 Å².